The van der Waals surface area contributed by atoms with Gasteiger partial charge in [-0.3, -0.25) is 0 Å². The lowest BCUT2D eigenvalue weighted by Crippen LogP contribution is -2.28. The molecular formula is C15H18N2. The zero-order chi connectivity index (χ0) is 11.8. The van der Waals surface area contributed by atoms with Gasteiger partial charge in [-0.25, -0.2) is 0 Å². The fourth-order valence-electron chi connectivity index (χ4n) is 1.69. The first-order valence-corrected chi connectivity index (χ1v) is 5.94. The highest BCUT2D eigenvalue weighted by Gasteiger charge is 1.91. The molecule has 0 amide bonds. The molecule has 2 aromatic rings. The fraction of sp³-hybridized carbons (Fsp3) is 0.200. The largest absolute Gasteiger partial charge is 0.300 e. The van der Waals surface area contributed by atoms with Gasteiger partial charge in [0.15, 0.2) is 0 Å². The van der Waals surface area contributed by atoms with Crippen molar-refractivity contribution in [3.8, 4) is 0 Å². The van der Waals surface area contributed by atoms with Gasteiger partial charge in [0, 0.05) is 19.8 Å². The van der Waals surface area contributed by atoms with E-state index >= 15 is 0 Å². The molecule has 0 spiro atoms. The van der Waals surface area contributed by atoms with Crippen LogP contribution < -0.4 is 10.6 Å². The average Bonchev–Trinajstić information content (AvgIpc) is 2.41. The van der Waals surface area contributed by atoms with E-state index in [4.69, 9.17) is 0 Å². The normalized spacial score (nSPS) is 10.4. The van der Waals surface area contributed by atoms with E-state index in [1.54, 1.807) is 0 Å². The van der Waals surface area contributed by atoms with E-state index in [2.05, 4.69) is 59.2 Å². The number of nitrogens with one attached hydrogen (secondary N) is 2. The maximum atomic E-state index is 3.36. The summed E-state index contributed by atoms with van der Waals surface area (Å²) in [5.41, 5.74) is 2.63. The minimum Gasteiger partial charge on any atom is -0.300 e. The van der Waals surface area contributed by atoms with Crippen molar-refractivity contribution < 1.29 is 0 Å². The second kappa shape index (κ2) is 6.84. The van der Waals surface area contributed by atoms with Gasteiger partial charge >= 0.3 is 0 Å². The highest BCUT2D eigenvalue weighted by atomic mass is 15.0. The van der Waals surface area contributed by atoms with Crippen LogP contribution in [0.3, 0.4) is 0 Å². The van der Waals surface area contributed by atoms with Gasteiger partial charge in [-0.05, 0) is 11.1 Å². The maximum absolute atomic E-state index is 3.36. The summed E-state index contributed by atoms with van der Waals surface area (Å²) in [5, 5.41) is 6.72. The van der Waals surface area contributed by atoms with E-state index in [1.807, 2.05) is 12.1 Å². The molecular weight excluding hydrogens is 208 g/mol. The summed E-state index contributed by atoms with van der Waals surface area (Å²) in [6, 6.07) is 20.8. The Morgan fingerprint density at radius 1 is 0.588 bits per heavy atom. The molecule has 0 aliphatic heterocycles. The van der Waals surface area contributed by atoms with Gasteiger partial charge in [-0.2, -0.15) is 0 Å². The zero-order valence-corrected chi connectivity index (χ0v) is 9.89. The molecule has 0 radical (unpaired) electrons. The Morgan fingerprint density at radius 3 is 1.41 bits per heavy atom. The first-order valence-electron chi connectivity index (χ1n) is 5.94. The van der Waals surface area contributed by atoms with Crippen LogP contribution in [0.4, 0.5) is 0 Å². The number of hydrogen-bond acceptors (Lipinski definition) is 2. The predicted octanol–water partition coefficient (Wildman–Crippen LogP) is 2.52. The summed E-state index contributed by atoms with van der Waals surface area (Å²) in [6.07, 6.45) is 0. The minimum atomic E-state index is 0.823. The van der Waals surface area contributed by atoms with Gasteiger partial charge < -0.3 is 10.6 Å². The molecule has 2 heteroatoms. The van der Waals surface area contributed by atoms with Crippen LogP contribution in [0.25, 0.3) is 0 Å². The second-order valence-electron chi connectivity index (χ2n) is 4.00. The Kier molecular flexibility index (Phi) is 4.76. The van der Waals surface area contributed by atoms with Crippen LogP contribution in [0.15, 0.2) is 60.7 Å². The van der Waals surface area contributed by atoms with Gasteiger partial charge in [0.05, 0.1) is 0 Å². The molecule has 0 saturated carbocycles. The van der Waals surface area contributed by atoms with Crippen LogP contribution >= 0.6 is 0 Å². The maximum Gasteiger partial charge on any atom is 0.0459 e. The summed E-state index contributed by atoms with van der Waals surface area (Å²) in [5.74, 6) is 0. The lowest BCUT2D eigenvalue weighted by atomic mass is 10.2. The van der Waals surface area contributed by atoms with Crippen molar-refractivity contribution in [3.05, 3.63) is 71.8 Å². The Hall–Kier alpha value is -1.64. The highest BCUT2D eigenvalue weighted by Crippen LogP contribution is 1.97. The molecule has 0 unspecified atom stereocenters. The summed E-state index contributed by atoms with van der Waals surface area (Å²) in [7, 11) is 0. The van der Waals surface area contributed by atoms with Gasteiger partial charge in [0.1, 0.15) is 0 Å². The Bertz CT molecular complexity index is 370. The molecule has 2 rings (SSSR count). The lowest BCUT2D eigenvalue weighted by molar-refractivity contribution is 0.582. The quantitative estimate of drug-likeness (QED) is 0.584. The smallest absolute Gasteiger partial charge is 0.0459 e. The molecule has 0 aliphatic carbocycles. The molecule has 0 heterocycles. The fourth-order valence-corrected chi connectivity index (χ4v) is 1.69. The predicted molar refractivity (Wildman–Crippen MR) is 71.4 cm³/mol. The molecule has 2 aromatic carbocycles. The van der Waals surface area contributed by atoms with E-state index in [1.165, 1.54) is 11.1 Å². The number of rotatable bonds is 6. The van der Waals surface area contributed by atoms with Crippen LogP contribution in [0.1, 0.15) is 11.1 Å². The standard InChI is InChI=1S/C15H18N2/c1-3-7-14(8-4-1)11-16-13-17-12-15-9-5-2-6-10-15/h1-10,16-17H,11-13H2. The zero-order valence-electron chi connectivity index (χ0n) is 9.89. The third kappa shape index (κ3) is 4.39. The molecule has 17 heavy (non-hydrogen) atoms. The topological polar surface area (TPSA) is 24.1 Å². The van der Waals surface area contributed by atoms with E-state index in [0.717, 1.165) is 19.8 Å². The lowest BCUT2D eigenvalue weighted by Gasteiger charge is -2.07. The summed E-state index contributed by atoms with van der Waals surface area (Å²) >= 11 is 0. The van der Waals surface area contributed by atoms with E-state index in [9.17, 15) is 0 Å². The highest BCUT2D eigenvalue weighted by molar-refractivity contribution is 5.15. The monoisotopic (exact) mass is 226 g/mol. The third-order valence-corrected chi connectivity index (χ3v) is 2.59. The van der Waals surface area contributed by atoms with E-state index in [-0.39, 0.29) is 0 Å². The summed E-state index contributed by atoms with van der Waals surface area (Å²) in [4.78, 5) is 0. The molecule has 0 bridgehead atoms. The van der Waals surface area contributed by atoms with Gasteiger partial charge in [0.2, 0.25) is 0 Å². The minimum absolute atomic E-state index is 0.823. The van der Waals surface area contributed by atoms with E-state index < -0.39 is 0 Å². The van der Waals surface area contributed by atoms with Crippen molar-refractivity contribution in [2.45, 2.75) is 13.1 Å². The molecule has 88 valence electrons. The van der Waals surface area contributed by atoms with Crippen molar-refractivity contribution in [3.63, 3.8) is 0 Å². The molecule has 0 atom stereocenters. The molecule has 0 saturated heterocycles. The van der Waals surface area contributed by atoms with Crippen molar-refractivity contribution in [2.75, 3.05) is 6.67 Å². The number of hydrogen-bond donors (Lipinski definition) is 2. The van der Waals surface area contributed by atoms with Crippen molar-refractivity contribution >= 4 is 0 Å². The molecule has 2 N–H and O–H groups in total. The van der Waals surface area contributed by atoms with Crippen molar-refractivity contribution in [1.29, 1.82) is 0 Å². The van der Waals surface area contributed by atoms with Crippen molar-refractivity contribution in [2.24, 2.45) is 0 Å². The Balaban J connectivity index is 1.61. The van der Waals surface area contributed by atoms with Gasteiger partial charge in [0.25, 0.3) is 0 Å². The van der Waals surface area contributed by atoms with Crippen LogP contribution in [0, 0.1) is 0 Å². The average molecular weight is 226 g/mol. The SMILES string of the molecule is c1ccc(CNCNCc2ccccc2)cc1. The Labute approximate surface area is 103 Å². The van der Waals surface area contributed by atoms with Crippen LogP contribution in [-0.2, 0) is 13.1 Å². The molecule has 0 aromatic heterocycles. The Morgan fingerprint density at radius 2 is 1.00 bits per heavy atom. The summed E-state index contributed by atoms with van der Waals surface area (Å²) < 4.78 is 0. The number of benzene rings is 2. The second-order valence-corrected chi connectivity index (χ2v) is 4.00. The van der Waals surface area contributed by atoms with Crippen LogP contribution in [0.5, 0.6) is 0 Å². The first-order chi connectivity index (χ1) is 8.45. The van der Waals surface area contributed by atoms with Gasteiger partial charge in [-0.1, -0.05) is 60.7 Å². The van der Waals surface area contributed by atoms with Crippen LogP contribution in [-0.4, -0.2) is 6.67 Å². The van der Waals surface area contributed by atoms with E-state index in [0.29, 0.717) is 0 Å². The third-order valence-electron chi connectivity index (χ3n) is 2.59. The molecule has 0 aliphatic rings. The molecule has 2 nitrogen and oxygen atoms in total. The van der Waals surface area contributed by atoms with Crippen LogP contribution in [0.2, 0.25) is 0 Å². The first kappa shape index (κ1) is 11.8. The van der Waals surface area contributed by atoms with Crippen molar-refractivity contribution in [1.82, 2.24) is 10.6 Å². The van der Waals surface area contributed by atoms with Gasteiger partial charge in [-0.15, -0.1) is 0 Å². The summed E-state index contributed by atoms with van der Waals surface area (Å²) in [6.45, 7) is 2.63. The molecule has 0 fully saturated rings.